The fourth-order valence-electron chi connectivity index (χ4n) is 1.67. The van der Waals surface area contributed by atoms with Crippen LogP contribution in [-0.4, -0.2) is 10.1 Å². The van der Waals surface area contributed by atoms with Crippen LogP contribution in [0.4, 0.5) is 5.69 Å². The predicted molar refractivity (Wildman–Crippen MR) is 79.2 cm³/mol. The molecule has 3 nitrogen and oxygen atoms in total. The topological polar surface area (TPSA) is 59.1 Å². The first-order chi connectivity index (χ1) is 8.56. The summed E-state index contributed by atoms with van der Waals surface area (Å²) in [5, 5.41) is 10.2. The van der Waals surface area contributed by atoms with Crippen LogP contribution >= 0.6 is 31.9 Å². The maximum Gasteiger partial charge on any atom is 0.0865 e. The maximum atomic E-state index is 10.2. The summed E-state index contributed by atoms with van der Waals surface area (Å²) in [6, 6.07) is 9.24. The van der Waals surface area contributed by atoms with E-state index in [1.165, 1.54) is 0 Å². The zero-order valence-corrected chi connectivity index (χ0v) is 12.6. The Morgan fingerprint density at radius 1 is 1.17 bits per heavy atom. The van der Waals surface area contributed by atoms with Crippen molar-refractivity contribution in [3.05, 3.63) is 56.7 Å². The zero-order chi connectivity index (χ0) is 13.1. The monoisotopic (exact) mass is 370 g/mol. The molecule has 18 heavy (non-hydrogen) atoms. The fraction of sp³-hybridized carbons (Fsp3) is 0.154. The van der Waals surface area contributed by atoms with E-state index < -0.39 is 6.10 Å². The number of hydrogen-bond acceptors (Lipinski definition) is 3. The van der Waals surface area contributed by atoms with E-state index in [2.05, 4.69) is 36.8 Å². The number of rotatable bonds is 3. The fourth-order valence-corrected chi connectivity index (χ4v) is 2.28. The molecule has 0 radical (unpaired) electrons. The molecule has 0 aliphatic heterocycles. The van der Waals surface area contributed by atoms with Crippen LogP contribution in [0.2, 0.25) is 0 Å². The SMILES string of the molecule is Nc1ccc(Br)cc1C(O)Cc1ccc(Br)cn1. The number of anilines is 1. The Morgan fingerprint density at radius 2 is 1.89 bits per heavy atom. The third-order valence-electron chi connectivity index (χ3n) is 2.60. The van der Waals surface area contributed by atoms with Gasteiger partial charge in [0, 0.05) is 38.5 Å². The van der Waals surface area contributed by atoms with E-state index in [1.54, 1.807) is 12.3 Å². The molecule has 1 atom stereocenters. The van der Waals surface area contributed by atoms with Crippen molar-refractivity contribution in [2.45, 2.75) is 12.5 Å². The summed E-state index contributed by atoms with van der Waals surface area (Å²) < 4.78 is 1.82. The number of pyridine rings is 1. The first kappa shape index (κ1) is 13.5. The number of nitrogens with two attached hydrogens (primary N) is 1. The molecule has 1 aromatic heterocycles. The van der Waals surface area contributed by atoms with Crippen LogP contribution in [0, 0.1) is 0 Å². The normalized spacial score (nSPS) is 12.4. The molecule has 0 bridgehead atoms. The number of aliphatic hydroxyl groups excluding tert-OH is 1. The molecule has 2 rings (SSSR count). The average molecular weight is 372 g/mol. The van der Waals surface area contributed by atoms with Crippen molar-refractivity contribution in [3.8, 4) is 0 Å². The highest BCUT2D eigenvalue weighted by Gasteiger charge is 2.13. The molecule has 0 aliphatic rings. The van der Waals surface area contributed by atoms with Crippen molar-refractivity contribution in [3.63, 3.8) is 0 Å². The summed E-state index contributed by atoms with van der Waals surface area (Å²) in [6.45, 7) is 0. The van der Waals surface area contributed by atoms with Crippen molar-refractivity contribution >= 4 is 37.5 Å². The number of aromatic nitrogens is 1. The summed E-state index contributed by atoms with van der Waals surface area (Å²) in [4.78, 5) is 4.24. The van der Waals surface area contributed by atoms with E-state index in [4.69, 9.17) is 5.73 Å². The van der Waals surface area contributed by atoms with E-state index in [-0.39, 0.29) is 0 Å². The number of nitrogen functional groups attached to an aromatic ring is 1. The van der Waals surface area contributed by atoms with E-state index in [0.29, 0.717) is 17.7 Å². The molecule has 2 aromatic rings. The summed E-state index contributed by atoms with van der Waals surface area (Å²) in [5.41, 5.74) is 7.99. The van der Waals surface area contributed by atoms with E-state index in [9.17, 15) is 5.11 Å². The van der Waals surface area contributed by atoms with Gasteiger partial charge in [0.25, 0.3) is 0 Å². The molecule has 0 saturated heterocycles. The smallest absolute Gasteiger partial charge is 0.0865 e. The van der Waals surface area contributed by atoms with Gasteiger partial charge in [0.1, 0.15) is 0 Å². The van der Waals surface area contributed by atoms with Crippen LogP contribution < -0.4 is 5.73 Å². The standard InChI is InChI=1S/C13H12Br2N2O/c14-8-2-4-12(16)11(5-8)13(18)6-10-3-1-9(15)7-17-10/h1-5,7,13,18H,6,16H2. The lowest BCUT2D eigenvalue weighted by Gasteiger charge is -2.13. The molecule has 0 saturated carbocycles. The summed E-state index contributed by atoms with van der Waals surface area (Å²) in [7, 11) is 0. The molecule has 3 N–H and O–H groups in total. The Kier molecular flexibility index (Phi) is 4.37. The largest absolute Gasteiger partial charge is 0.398 e. The average Bonchev–Trinajstić information content (AvgIpc) is 2.35. The first-order valence-corrected chi connectivity index (χ1v) is 6.98. The van der Waals surface area contributed by atoms with Gasteiger partial charge >= 0.3 is 0 Å². The predicted octanol–water partition coefficient (Wildman–Crippen LogP) is 3.46. The molecule has 0 aliphatic carbocycles. The molecule has 1 heterocycles. The minimum absolute atomic E-state index is 0.438. The third kappa shape index (κ3) is 3.31. The van der Waals surface area contributed by atoms with Gasteiger partial charge in [-0.1, -0.05) is 15.9 Å². The van der Waals surface area contributed by atoms with Crippen LogP contribution in [0.1, 0.15) is 17.4 Å². The van der Waals surface area contributed by atoms with Crippen LogP contribution in [0.25, 0.3) is 0 Å². The molecule has 1 aromatic carbocycles. The number of nitrogens with zero attached hydrogens (tertiary/aromatic N) is 1. The molecule has 0 spiro atoms. The van der Waals surface area contributed by atoms with Crippen molar-refractivity contribution in [1.29, 1.82) is 0 Å². The van der Waals surface area contributed by atoms with Gasteiger partial charge in [-0.05, 0) is 46.3 Å². The van der Waals surface area contributed by atoms with Gasteiger partial charge in [-0.3, -0.25) is 4.98 Å². The molecule has 0 amide bonds. The second-order valence-electron chi connectivity index (χ2n) is 3.96. The third-order valence-corrected chi connectivity index (χ3v) is 3.56. The van der Waals surface area contributed by atoms with Crippen LogP contribution in [-0.2, 0) is 6.42 Å². The van der Waals surface area contributed by atoms with Crippen molar-refractivity contribution in [1.82, 2.24) is 4.98 Å². The van der Waals surface area contributed by atoms with Gasteiger partial charge < -0.3 is 10.8 Å². The number of hydrogen-bond donors (Lipinski definition) is 2. The highest BCUT2D eigenvalue weighted by atomic mass is 79.9. The van der Waals surface area contributed by atoms with Gasteiger partial charge in [0.15, 0.2) is 0 Å². The van der Waals surface area contributed by atoms with Gasteiger partial charge in [0.2, 0.25) is 0 Å². The zero-order valence-electron chi connectivity index (χ0n) is 9.48. The number of aliphatic hydroxyl groups is 1. The quantitative estimate of drug-likeness (QED) is 0.812. The Bertz CT molecular complexity index is 543. The molecule has 0 fully saturated rings. The number of halogens is 2. The summed E-state index contributed by atoms with van der Waals surface area (Å²) >= 11 is 6.70. The highest BCUT2D eigenvalue weighted by molar-refractivity contribution is 9.10. The van der Waals surface area contributed by atoms with Gasteiger partial charge in [-0.15, -0.1) is 0 Å². The van der Waals surface area contributed by atoms with E-state index >= 15 is 0 Å². The second-order valence-corrected chi connectivity index (χ2v) is 5.79. The van der Waals surface area contributed by atoms with Crippen molar-refractivity contribution < 1.29 is 5.11 Å². The lowest BCUT2D eigenvalue weighted by Crippen LogP contribution is -2.06. The lowest BCUT2D eigenvalue weighted by atomic mass is 10.0. The van der Waals surface area contributed by atoms with Crippen LogP contribution in [0.15, 0.2) is 45.5 Å². The maximum absolute atomic E-state index is 10.2. The first-order valence-electron chi connectivity index (χ1n) is 5.39. The Morgan fingerprint density at radius 3 is 2.56 bits per heavy atom. The molecule has 94 valence electrons. The second kappa shape index (κ2) is 5.82. The van der Waals surface area contributed by atoms with Gasteiger partial charge in [0.05, 0.1) is 6.10 Å². The Balaban J connectivity index is 2.18. The molecule has 5 heteroatoms. The molecular weight excluding hydrogens is 360 g/mol. The minimum atomic E-state index is -0.656. The highest BCUT2D eigenvalue weighted by Crippen LogP contribution is 2.26. The number of benzene rings is 1. The minimum Gasteiger partial charge on any atom is -0.398 e. The van der Waals surface area contributed by atoms with E-state index in [0.717, 1.165) is 14.6 Å². The van der Waals surface area contributed by atoms with Gasteiger partial charge in [-0.25, -0.2) is 0 Å². The van der Waals surface area contributed by atoms with Gasteiger partial charge in [-0.2, -0.15) is 0 Å². The molecule has 1 unspecified atom stereocenters. The van der Waals surface area contributed by atoms with Crippen LogP contribution in [0.5, 0.6) is 0 Å². The molecular formula is C13H12Br2N2O. The van der Waals surface area contributed by atoms with Crippen LogP contribution in [0.3, 0.4) is 0 Å². The Labute approximate surface area is 122 Å². The van der Waals surface area contributed by atoms with E-state index in [1.807, 2.05) is 24.3 Å². The summed E-state index contributed by atoms with van der Waals surface area (Å²) in [5.74, 6) is 0. The summed E-state index contributed by atoms with van der Waals surface area (Å²) in [6.07, 6.45) is 1.50. The van der Waals surface area contributed by atoms with Crippen molar-refractivity contribution in [2.75, 3.05) is 5.73 Å². The Hall–Kier alpha value is -0.910. The van der Waals surface area contributed by atoms with Crippen molar-refractivity contribution in [2.24, 2.45) is 0 Å². The lowest BCUT2D eigenvalue weighted by molar-refractivity contribution is 0.178.